The molecule has 8 nitrogen and oxygen atoms in total. The fourth-order valence-corrected chi connectivity index (χ4v) is 0.990. The number of hydrogen-bond acceptors (Lipinski definition) is 5. The Bertz CT molecular complexity index is 468. The molecule has 0 bridgehead atoms. The highest BCUT2D eigenvalue weighted by molar-refractivity contribution is 5.90. The summed E-state index contributed by atoms with van der Waals surface area (Å²) in [4.78, 5) is 33.9. The van der Waals surface area contributed by atoms with Crippen molar-refractivity contribution in [1.82, 2.24) is 4.98 Å². The first-order chi connectivity index (χ1) is 9.41. The lowest BCUT2D eigenvalue weighted by Gasteiger charge is -2.00. The molecule has 0 aliphatic carbocycles. The van der Waals surface area contributed by atoms with Gasteiger partial charge in [-0.05, 0) is 12.1 Å². The van der Waals surface area contributed by atoms with E-state index in [1.165, 1.54) is 0 Å². The Balaban J connectivity index is 0.000000796. The van der Waals surface area contributed by atoms with E-state index in [4.69, 9.17) is 19.7 Å². The molecule has 0 aromatic carbocycles. The minimum Gasteiger partial charge on any atom is -0.478 e. The molecule has 0 fully saturated rings. The van der Waals surface area contributed by atoms with Gasteiger partial charge in [-0.25, -0.2) is 14.4 Å². The summed E-state index contributed by atoms with van der Waals surface area (Å²) in [5.74, 6) is -1.85. The third-order valence-corrected chi connectivity index (χ3v) is 1.69. The van der Waals surface area contributed by atoms with E-state index in [2.05, 4.69) is 10.7 Å². The molecular formula is C12H14N2O6. The monoisotopic (exact) mass is 282 g/mol. The highest BCUT2D eigenvalue weighted by atomic mass is 16.5. The Morgan fingerprint density at radius 2 is 1.90 bits per heavy atom. The van der Waals surface area contributed by atoms with Crippen LogP contribution in [0.25, 0.3) is 0 Å². The van der Waals surface area contributed by atoms with Crippen molar-refractivity contribution in [3.8, 4) is 0 Å². The Morgan fingerprint density at radius 1 is 1.25 bits per heavy atom. The van der Waals surface area contributed by atoms with Crippen molar-refractivity contribution < 1.29 is 29.3 Å². The van der Waals surface area contributed by atoms with E-state index >= 15 is 0 Å². The van der Waals surface area contributed by atoms with Gasteiger partial charge in [0, 0.05) is 30.5 Å². The van der Waals surface area contributed by atoms with E-state index in [0.717, 1.165) is 17.8 Å². The van der Waals surface area contributed by atoms with Gasteiger partial charge in [0.1, 0.15) is 0 Å². The summed E-state index contributed by atoms with van der Waals surface area (Å²) in [6.07, 6.45) is 2.44. The lowest BCUT2D eigenvalue weighted by molar-refractivity contribution is -0.138. The van der Waals surface area contributed by atoms with Crippen molar-refractivity contribution in [2.45, 2.75) is 6.42 Å². The van der Waals surface area contributed by atoms with Gasteiger partial charge < -0.3 is 20.7 Å². The number of amides is 1. The van der Waals surface area contributed by atoms with E-state index in [1.54, 1.807) is 12.3 Å². The van der Waals surface area contributed by atoms with Gasteiger partial charge in [0.25, 0.3) is 0 Å². The van der Waals surface area contributed by atoms with Crippen molar-refractivity contribution in [2.75, 3.05) is 6.61 Å². The Morgan fingerprint density at radius 3 is 2.40 bits per heavy atom. The first-order valence-corrected chi connectivity index (χ1v) is 5.38. The largest absolute Gasteiger partial charge is 0.478 e. The SMILES string of the molecule is NC(=O)O.O=C(O)/C=C\C(=O)OCCc1ccccn1. The number of carbonyl (C=O) groups is 3. The van der Waals surface area contributed by atoms with Crippen molar-refractivity contribution in [3.05, 3.63) is 42.2 Å². The van der Waals surface area contributed by atoms with Crippen LogP contribution in [0.15, 0.2) is 36.5 Å². The average molecular weight is 282 g/mol. The number of aromatic nitrogens is 1. The quantitative estimate of drug-likeness (QED) is 0.525. The van der Waals surface area contributed by atoms with Crippen LogP contribution in [-0.4, -0.2) is 39.8 Å². The second-order valence-corrected chi connectivity index (χ2v) is 3.25. The van der Waals surface area contributed by atoms with Crippen LogP contribution in [0.3, 0.4) is 0 Å². The molecule has 0 unspecified atom stereocenters. The molecule has 8 heteroatoms. The molecule has 108 valence electrons. The number of aliphatic carboxylic acids is 1. The molecule has 1 heterocycles. The van der Waals surface area contributed by atoms with Crippen LogP contribution in [-0.2, 0) is 20.7 Å². The van der Waals surface area contributed by atoms with Crippen LogP contribution >= 0.6 is 0 Å². The van der Waals surface area contributed by atoms with Crippen LogP contribution in [0.4, 0.5) is 4.79 Å². The van der Waals surface area contributed by atoms with Crippen LogP contribution in [0.2, 0.25) is 0 Å². The second kappa shape index (κ2) is 10.1. The van der Waals surface area contributed by atoms with Gasteiger partial charge in [0.05, 0.1) is 6.61 Å². The number of hydrogen-bond donors (Lipinski definition) is 3. The number of carboxylic acids is 1. The molecule has 0 radical (unpaired) electrons. The van der Waals surface area contributed by atoms with Gasteiger partial charge in [0.2, 0.25) is 0 Å². The summed E-state index contributed by atoms with van der Waals surface area (Å²) in [6, 6.07) is 5.46. The summed E-state index contributed by atoms with van der Waals surface area (Å²) in [7, 11) is 0. The number of rotatable bonds is 5. The van der Waals surface area contributed by atoms with Crippen molar-refractivity contribution in [3.63, 3.8) is 0 Å². The van der Waals surface area contributed by atoms with Crippen molar-refractivity contribution >= 4 is 18.0 Å². The molecular weight excluding hydrogens is 268 g/mol. The second-order valence-electron chi connectivity index (χ2n) is 3.25. The smallest absolute Gasteiger partial charge is 0.402 e. The van der Waals surface area contributed by atoms with Crippen LogP contribution in [0, 0.1) is 0 Å². The minimum absolute atomic E-state index is 0.180. The van der Waals surface area contributed by atoms with Gasteiger partial charge in [0.15, 0.2) is 0 Å². The molecule has 0 aliphatic rings. The van der Waals surface area contributed by atoms with E-state index in [1.807, 2.05) is 12.1 Å². The first kappa shape index (κ1) is 17.1. The summed E-state index contributed by atoms with van der Waals surface area (Å²) in [5.41, 5.74) is 4.84. The average Bonchev–Trinajstić information content (AvgIpc) is 2.37. The number of primary amides is 1. The van der Waals surface area contributed by atoms with Gasteiger partial charge in [-0.3, -0.25) is 4.98 Å². The first-order valence-electron chi connectivity index (χ1n) is 5.38. The lowest BCUT2D eigenvalue weighted by Crippen LogP contribution is -2.06. The molecule has 1 rings (SSSR count). The third kappa shape index (κ3) is 11.6. The molecule has 1 aromatic heterocycles. The van der Waals surface area contributed by atoms with E-state index in [9.17, 15) is 9.59 Å². The summed E-state index contributed by atoms with van der Waals surface area (Å²) in [5, 5.41) is 15.5. The number of pyridine rings is 1. The van der Waals surface area contributed by atoms with Crippen LogP contribution in [0.5, 0.6) is 0 Å². The minimum atomic E-state index is -1.33. The predicted molar refractivity (Wildman–Crippen MR) is 67.9 cm³/mol. The molecule has 0 aliphatic heterocycles. The molecule has 1 amide bonds. The number of carbonyl (C=O) groups excluding carboxylic acids is 1. The number of nitrogens with zero attached hydrogens (tertiary/aromatic N) is 1. The number of esters is 1. The lowest BCUT2D eigenvalue weighted by atomic mass is 10.3. The summed E-state index contributed by atoms with van der Waals surface area (Å²) < 4.78 is 4.77. The van der Waals surface area contributed by atoms with Gasteiger partial charge in [-0.15, -0.1) is 0 Å². The molecule has 0 saturated carbocycles. The van der Waals surface area contributed by atoms with E-state index < -0.39 is 18.0 Å². The highest BCUT2D eigenvalue weighted by Crippen LogP contribution is 1.95. The standard InChI is InChI=1S/C11H11NO4.CH3NO2/c13-10(14)4-5-11(15)16-8-6-9-3-1-2-7-12-9;2-1(3)4/h1-5,7H,6,8H2,(H,13,14);2H2,(H,3,4)/b5-4-;. The predicted octanol–water partition coefficient (Wildman–Crippen LogP) is 0.431. The Kier molecular flexibility index (Phi) is 8.60. The normalized spacial score (nSPS) is 9.40. The number of carboxylic acid groups (broad SMARTS) is 2. The van der Waals surface area contributed by atoms with Gasteiger partial charge in [-0.2, -0.15) is 0 Å². The zero-order valence-electron chi connectivity index (χ0n) is 10.4. The van der Waals surface area contributed by atoms with Gasteiger partial charge in [-0.1, -0.05) is 6.07 Å². The zero-order chi connectivity index (χ0) is 15.4. The number of nitrogens with two attached hydrogens (primary N) is 1. The fraction of sp³-hybridized carbons (Fsp3) is 0.167. The maximum absolute atomic E-state index is 10.9. The fourth-order valence-electron chi connectivity index (χ4n) is 0.990. The van der Waals surface area contributed by atoms with Crippen LogP contribution < -0.4 is 5.73 Å². The molecule has 0 spiro atoms. The Hall–Kier alpha value is -2.90. The van der Waals surface area contributed by atoms with Crippen molar-refractivity contribution in [1.29, 1.82) is 0 Å². The molecule has 0 atom stereocenters. The van der Waals surface area contributed by atoms with Crippen LogP contribution in [0.1, 0.15) is 5.69 Å². The number of ether oxygens (including phenoxy) is 1. The third-order valence-electron chi connectivity index (χ3n) is 1.69. The highest BCUT2D eigenvalue weighted by Gasteiger charge is 1.99. The van der Waals surface area contributed by atoms with Crippen molar-refractivity contribution in [2.24, 2.45) is 5.73 Å². The molecule has 0 saturated heterocycles. The maximum atomic E-state index is 10.9. The molecule has 4 N–H and O–H groups in total. The Labute approximate surface area is 114 Å². The zero-order valence-corrected chi connectivity index (χ0v) is 10.4. The van der Waals surface area contributed by atoms with Gasteiger partial charge >= 0.3 is 18.0 Å². The topological polar surface area (TPSA) is 140 Å². The maximum Gasteiger partial charge on any atom is 0.402 e. The molecule has 20 heavy (non-hydrogen) atoms. The summed E-state index contributed by atoms with van der Waals surface area (Å²) in [6.45, 7) is 0.180. The van der Waals surface area contributed by atoms with E-state index in [-0.39, 0.29) is 6.61 Å². The van der Waals surface area contributed by atoms with E-state index in [0.29, 0.717) is 6.42 Å². The molecule has 1 aromatic rings. The summed E-state index contributed by atoms with van der Waals surface area (Å²) >= 11 is 0.